The summed E-state index contributed by atoms with van der Waals surface area (Å²) < 4.78 is 3.58. The van der Waals surface area contributed by atoms with Gasteiger partial charge in [-0.3, -0.25) is 9.48 Å². The van der Waals surface area contributed by atoms with Crippen LogP contribution in [0.15, 0.2) is 24.7 Å². The zero-order valence-electron chi connectivity index (χ0n) is 12.9. The number of hydrogen-bond acceptors (Lipinski definition) is 4. The molecule has 0 fully saturated rings. The van der Waals surface area contributed by atoms with E-state index in [9.17, 15) is 4.79 Å². The zero-order chi connectivity index (χ0) is 15.4. The maximum absolute atomic E-state index is 12.2. The summed E-state index contributed by atoms with van der Waals surface area (Å²) in [6.45, 7) is 8.66. The number of carbonyl (C=O) groups is 1. The van der Waals surface area contributed by atoms with Gasteiger partial charge >= 0.3 is 0 Å². The molecule has 1 atom stereocenters. The molecule has 0 aliphatic rings. The van der Waals surface area contributed by atoms with Gasteiger partial charge in [0.15, 0.2) is 0 Å². The molecule has 2 heterocycles. The predicted octanol–water partition coefficient (Wildman–Crippen LogP) is 2.12. The molecule has 0 bridgehead atoms. The summed E-state index contributed by atoms with van der Waals surface area (Å²) in [4.78, 5) is 12.2. The number of nitrogens with one attached hydrogen (secondary N) is 2. The standard InChI is InChI=1S/C14H22N6O/c1-5-19-9-12(8-16-19)17-11(4)14(21)18-13-6-7-15-20(13)10(2)3/h6-11,17H,5H2,1-4H3,(H,18,21). The highest BCUT2D eigenvalue weighted by Crippen LogP contribution is 2.14. The van der Waals surface area contributed by atoms with E-state index in [1.165, 1.54) is 0 Å². The van der Waals surface area contributed by atoms with E-state index in [1.54, 1.807) is 27.8 Å². The third-order valence-electron chi connectivity index (χ3n) is 3.14. The largest absolute Gasteiger partial charge is 0.371 e. The van der Waals surface area contributed by atoms with Crippen molar-refractivity contribution < 1.29 is 4.79 Å². The first-order chi connectivity index (χ1) is 10.0. The predicted molar refractivity (Wildman–Crippen MR) is 82.2 cm³/mol. The molecule has 1 unspecified atom stereocenters. The summed E-state index contributed by atoms with van der Waals surface area (Å²) in [5.41, 5.74) is 0.830. The van der Waals surface area contributed by atoms with Crippen molar-refractivity contribution in [2.75, 3.05) is 10.6 Å². The molecular formula is C14H22N6O. The number of aryl methyl sites for hydroxylation is 1. The molecule has 0 saturated heterocycles. The van der Waals surface area contributed by atoms with Crippen LogP contribution in [0.1, 0.15) is 33.7 Å². The second-order valence-corrected chi connectivity index (χ2v) is 5.19. The molecule has 1 amide bonds. The average Bonchev–Trinajstić information content (AvgIpc) is 3.07. The highest BCUT2D eigenvalue weighted by atomic mass is 16.2. The summed E-state index contributed by atoms with van der Waals surface area (Å²) >= 11 is 0. The third-order valence-corrected chi connectivity index (χ3v) is 3.14. The average molecular weight is 290 g/mol. The Morgan fingerprint density at radius 3 is 2.71 bits per heavy atom. The molecule has 0 saturated carbocycles. The highest BCUT2D eigenvalue weighted by Gasteiger charge is 2.16. The van der Waals surface area contributed by atoms with Crippen LogP contribution in [0.2, 0.25) is 0 Å². The van der Waals surface area contributed by atoms with Gasteiger partial charge in [-0.05, 0) is 27.7 Å². The van der Waals surface area contributed by atoms with Gasteiger partial charge in [0.1, 0.15) is 11.9 Å². The summed E-state index contributed by atoms with van der Waals surface area (Å²) in [7, 11) is 0. The second-order valence-electron chi connectivity index (χ2n) is 5.19. The van der Waals surface area contributed by atoms with Gasteiger partial charge in [-0.2, -0.15) is 10.2 Å². The van der Waals surface area contributed by atoms with Crippen LogP contribution in [0.25, 0.3) is 0 Å². The van der Waals surface area contributed by atoms with Crippen LogP contribution in [-0.2, 0) is 11.3 Å². The number of hydrogen-bond donors (Lipinski definition) is 2. The minimum Gasteiger partial charge on any atom is -0.371 e. The maximum atomic E-state index is 12.2. The molecule has 2 N–H and O–H groups in total. The Hall–Kier alpha value is -2.31. The Kier molecular flexibility index (Phi) is 4.62. The van der Waals surface area contributed by atoms with Crippen LogP contribution in [0, 0.1) is 0 Å². The lowest BCUT2D eigenvalue weighted by Crippen LogP contribution is -2.32. The third kappa shape index (κ3) is 3.62. The van der Waals surface area contributed by atoms with Gasteiger partial charge in [-0.1, -0.05) is 0 Å². The van der Waals surface area contributed by atoms with Crippen molar-refractivity contribution in [1.29, 1.82) is 0 Å². The lowest BCUT2D eigenvalue weighted by Gasteiger charge is -2.16. The lowest BCUT2D eigenvalue weighted by molar-refractivity contribution is -0.116. The van der Waals surface area contributed by atoms with E-state index in [0.717, 1.165) is 12.2 Å². The normalized spacial score (nSPS) is 12.4. The second kappa shape index (κ2) is 6.43. The molecular weight excluding hydrogens is 268 g/mol. The van der Waals surface area contributed by atoms with Crippen molar-refractivity contribution in [1.82, 2.24) is 19.6 Å². The van der Waals surface area contributed by atoms with Crippen LogP contribution >= 0.6 is 0 Å². The van der Waals surface area contributed by atoms with E-state index >= 15 is 0 Å². The first-order valence-corrected chi connectivity index (χ1v) is 7.14. The van der Waals surface area contributed by atoms with Gasteiger partial charge in [0.05, 0.1) is 18.1 Å². The molecule has 0 aliphatic carbocycles. The van der Waals surface area contributed by atoms with Crippen molar-refractivity contribution in [3.63, 3.8) is 0 Å². The number of anilines is 2. The van der Waals surface area contributed by atoms with E-state index in [2.05, 4.69) is 20.8 Å². The lowest BCUT2D eigenvalue weighted by atomic mass is 10.3. The zero-order valence-corrected chi connectivity index (χ0v) is 12.9. The van der Waals surface area contributed by atoms with Crippen LogP contribution in [0.4, 0.5) is 11.5 Å². The van der Waals surface area contributed by atoms with E-state index in [-0.39, 0.29) is 18.0 Å². The van der Waals surface area contributed by atoms with Gasteiger partial charge in [-0.25, -0.2) is 4.68 Å². The van der Waals surface area contributed by atoms with E-state index < -0.39 is 0 Å². The van der Waals surface area contributed by atoms with E-state index in [0.29, 0.717) is 5.82 Å². The number of aromatic nitrogens is 4. The molecule has 0 aromatic carbocycles. The molecule has 0 spiro atoms. The number of rotatable bonds is 6. The van der Waals surface area contributed by atoms with Crippen LogP contribution in [-0.4, -0.2) is 31.5 Å². The topological polar surface area (TPSA) is 76.8 Å². The first-order valence-electron chi connectivity index (χ1n) is 7.14. The molecule has 2 aromatic rings. The monoisotopic (exact) mass is 290 g/mol. The summed E-state index contributed by atoms with van der Waals surface area (Å²) in [5.74, 6) is 0.592. The number of nitrogens with zero attached hydrogens (tertiary/aromatic N) is 4. The Morgan fingerprint density at radius 1 is 1.33 bits per heavy atom. The summed E-state index contributed by atoms with van der Waals surface area (Å²) in [5, 5.41) is 14.4. The summed E-state index contributed by atoms with van der Waals surface area (Å²) in [6.07, 6.45) is 5.27. The van der Waals surface area contributed by atoms with Gasteiger partial charge in [0, 0.05) is 24.8 Å². The molecule has 7 nitrogen and oxygen atoms in total. The Balaban J connectivity index is 1.97. The fourth-order valence-corrected chi connectivity index (χ4v) is 1.99. The van der Waals surface area contributed by atoms with Crippen LogP contribution < -0.4 is 10.6 Å². The molecule has 7 heteroatoms. The molecule has 2 aromatic heterocycles. The summed E-state index contributed by atoms with van der Waals surface area (Å²) in [6, 6.07) is 1.62. The van der Waals surface area contributed by atoms with Crippen LogP contribution in [0.3, 0.4) is 0 Å². The SMILES string of the molecule is CCn1cc(NC(C)C(=O)Nc2ccnn2C(C)C)cn1. The highest BCUT2D eigenvalue weighted by molar-refractivity contribution is 5.95. The van der Waals surface area contributed by atoms with Gasteiger partial charge < -0.3 is 10.6 Å². The first kappa shape index (κ1) is 15.1. The number of amides is 1. The Morgan fingerprint density at radius 2 is 2.10 bits per heavy atom. The Bertz CT molecular complexity index is 600. The smallest absolute Gasteiger partial charge is 0.247 e. The van der Waals surface area contributed by atoms with E-state index in [1.807, 2.05) is 33.9 Å². The maximum Gasteiger partial charge on any atom is 0.247 e. The van der Waals surface area contributed by atoms with Crippen molar-refractivity contribution in [2.24, 2.45) is 0 Å². The van der Waals surface area contributed by atoms with Gasteiger partial charge in [0.25, 0.3) is 0 Å². The van der Waals surface area contributed by atoms with E-state index in [4.69, 9.17) is 0 Å². The molecule has 0 aliphatic heterocycles. The quantitative estimate of drug-likeness (QED) is 0.854. The van der Waals surface area contributed by atoms with Crippen LogP contribution in [0.5, 0.6) is 0 Å². The molecule has 0 radical (unpaired) electrons. The van der Waals surface area contributed by atoms with Crippen molar-refractivity contribution in [2.45, 2.75) is 46.3 Å². The molecule has 2 rings (SSSR count). The molecule has 114 valence electrons. The fraction of sp³-hybridized carbons (Fsp3) is 0.500. The Labute approximate surface area is 124 Å². The minimum absolute atomic E-state index is 0.110. The van der Waals surface area contributed by atoms with Crippen molar-refractivity contribution in [3.05, 3.63) is 24.7 Å². The molecule has 21 heavy (non-hydrogen) atoms. The van der Waals surface area contributed by atoms with Gasteiger partial charge in [0.2, 0.25) is 5.91 Å². The van der Waals surface area contributed by atoms with Gasteiger partial charge in [-0.15, -0.1) is 0 Å². The minimum atomic E-state index is -0.366. The van der Waals surface area contributed by atoms with Crippen molar-refractivity contribution in [3.8, 4) is 0 Å². The van der Waals surface area contributed by atoms with Crippen molar-refractivity contribution >= 4 is 17.4 Å². The number of carbonyl (C=O) groups excluding carboxylic acids is 1. The fourth-order valence-electron chi connectivity index (χ4n) is 1.99.